The first-order valence-electron chi connectivity index (χ1n) is 14.2. The van der Waals surface area contributed by atoms with Crippen molar-refractivity contribution in [3.8, 4) is 11.5 Å². The van der Waals surface area contributed by atoms with Crippen molar-refractivity contribution in [1.29, 1.82) is 0 Å². The second kappa shape index (κ2) is 12.8. The van der Waals surface area contributed by atoms with Crippen molar-refractivity contribution in [2.45, 2.75) is 42.2 Å². The van der Waals surface area contributed by atoms with Crippen molar-refractivity contribution in [2.75, 3.05) is 27.4 Å². The Bertz CT molecular complexity index is 1520. The first-order valence-corrected chi connectivity index (χ1v) is 14.2. The van der Waals surface area contributed by atoms with Crippen LogP contribution in [-0.4, -0.2) is 78.3 Å². The molecular weight excluding hydrogens is 583 g/mol. The van der Waals surface area contributed by atoms with Gasteiger partial charge in [0.15, 0.2) is 11.9 Å². The molecule has 236 valence electrons. The molecule has 0 bridgehead atoms. The fraction of sp³-hybridized carbons (Fsp3) is 0.344. The number of carbonyl (C=O) groups is 1. The Labute approximate surface area is 259 Å². The van der Waals surface area contributed by atoms with E-state index in [-0.39, 0.29) is 0 Å². The lowest BCUT2D eigenvalue weighted by Gasteiger charge is -2.42. The van der Waals surface area contributed by atoms with Crippen LogP contribution in [0.25, 0.3) is 10.4 Å². The summed E-state index contributed by atoms with van der Waals surface area (Å²) in [5.41, 5.74) is 5.86. The number of amides is 2. The SMILES string of the molecule is COc1ccc(C(NC2C=CN([C@@H]3O[C@@](CO)(CN=[N+]=[N-])[C@@H](O)[C@@]3(C)F)C(=O)N2)(c2ccccc2)c2ccc(OC)cc2)cc1. The van der Waals surface area contributed by atoms with Crippen molar-refractivity contribution >= 4 is 6.03 Å². The van der Waals surface area contributed by atoms with Gasteiger partial charge < -0.3 is 29.7 Å². The molecule has 45 heavy (non-hydrogen) atoms. The Hall–Kier alpha value is -4.65. The topological polar surface area (TPSA) is 161 Å². The van der Waals surface area contributed by atoms with E-state index in [4.69, 9.17) is 19.7 Å². The number of urea groups is 1. The van der Waals surface area contributed by atoms with E-state index in [2.05, 4.69) is 20.7 Å². The summed E-state index contributed by atoms with van der Waals surface area (Å²) in [4.78, 5) is 17.2. The Morgan fingerprint density at radius 3 is 2.09 bits per heavy atom. The molecule has 13 heteroatoms. The first-order chi connectivity index (χ1) is 21.6. The molecule has 3 aromatic carbocycles. The summed E-state index contributed by atoms with van der Waals surface area (Å²) in [6.45, 7) is -0.311. The maximum atomic E-state index is 16.0. The Morgan fingerprint density at radius 1 is 1.04 bits per heavy atom. The lowest BCUT2D eigenvalue weighted by Crippen LogP contribution is -2.61. The Kier molecular flexibility index (Phi) is 9.01. The van der Waals surface area contributed by atoms with Gasteiger partial charge in [0, 0.05) is 11.1 Å². The van der Waals surface area contributed by atoms with E-state index in [1.165, 1.54) is 6.20 Å². The molecule has 1 saturated heterocycles. The third-order valence-electron chi connectivity index (χ3n) is 8.36. The number of methoxy groups -OCH3 is 2. The fourth-order valence-electron chi connectivity index (χ4n) is 5.95. The van der Waals surface area contributed by atoms with Gasteiger partial charge in [0.05, 0.1) is 32.9 Å². The van der Waals surface area contributed by atoms with E-state index in [0.29, 0.717) is 11.5 Å². The van der Waals surface area contributed by atoms with E-state index in [0.717, 1.165) is 28.5 Å². The summed E-state index contributed by atoms with van der Waals surface area (Å²) in [7, 11) is 3.18. The highest BCUT2D eigenvalue weighted by Crippen LogP contribution is 2.44. The molecule has 2 heterocycles. The molecule has 3 aromatic rings. The van der Waals surface area contributed by atoms with Crippen molar-refractivity contribution < 1.29 is 33.6 Å². The van der Waals surface area contributed by atoms with Crippen LogP contribution in [0.15, 0.2) is 96.3 Å². The molecule has 0 spiro atoms. The second-order valence-corrected chi connectivity index (χ2v) is 11.0. The molecule has 2 aliphatic rings. The zero-order valence-electron chi connectivity index (χ0n) is 25.0. The van der Waals surface area contributed by atoms with E-state index in [9.17, 15) is 15.0 Å². The Morgan fingerprint density at radius 2 is 1.60 bits per heavy atom. The quantitative estimate of drug-likeness (QED) is 0.110. The summed E-state index contributed by atoms with van der Waals surface area (Å²) < 4.78 is 32.5. The molecule has 0 aliphatic carbocycles. The van der Waals surface area contributed by atoms with Crippen molar-refractivity contribution in [3.63, 3.8) is 0 Å². The predicted molar refractivity (Wildman–Crippen MR) is 163 cm³/mol. The van der Waals surface area contributed by atoms with Gasteiger partial charge in [0.25, 0.3) is 0 Å². The van der Waals surface area contributed by atoms with Crippen LogP contribution in [0.4, 0.5) is 9.18 Å². The Balaban J connectivity index is 1.55. The minimum atomic E-state index is -2.52. The second-order valence-electron chi connectivity index (χ2n) is 11.0. The highest BCUT2D eigenvalue weighted by atomic mass is 19.1. The van der Waals surface area contributed by atoms with Gasteiger partial charge in [-0.25, -0.2) is 9.18 Å². The number of hydrogen-bond acceptors (Lipinski definition) is 8. The van der Waals surface area contributed by atoms with Gasteiger partial charge in [-0.3, -0.25) is 10.2 Å². The van der Waals surface area contributed by atoms with E-state index >= 15 is 4.39 Å². The van der Waals surface area contributed by atoms with Crippen LogP contribution in [0, 0.1) is 0 Å². The van der Waals surface area contributed by atoms with Crippen molar-refractivity contribution in [1.82, 2.24) is 15.5 Å². The molecule has 2 amide bonds. The lowest BCUT2D eigenvalue weighted by molar-refractivity contribution is -0.127. The number of alkyl halides is 1. The van der Waals surface area contributed by atoms with Crippen molar-refractivity contribution in [3.05, 3.63) is 118 Å². The van der Waals surface area contributed by atoms with Gasteiger partial charge >= 0.3 is 6.03 Å². The highest BCUT2D eigenvalue weighted by molar-refractivity contribution is 5.77. The minimum absolute atomic E-state index is 0.538. The normalized spacial score (nSPS) is 26.2. The third kappa shape index (κ3) is 5.68. The van der Waals surface area contributed by atoms with Crippen molar-refractivity contribution in [2.24, 2.45) is 5.11 Å². The summed E-state index contributed by atoms with van der Waals surface area (Å²) in [6, 6.07) is 24.1. The predicted octanol–water partition coefficient (Wildman–Crippen LogP) is 3.94. The van der Waals surface area contributed by atoms with Gasteiger partial charge in [0.1, 0.15) is 29.4 Å². The lowest BCUT2D eigenvalue weighted by atomic mass is 9.76. The van der Waals surface area contributed by atoms with Gasteiger partial charge in [-0.2, -0.15) is 0 Å². The average molecular weight is 619 g/mol. The zero-order chi connectivity index (χ0) is 32.2. The molecular formula is C32H35FN6O6. The molecule has 4 N–H and O–H groups in total. The number of hydrogen-bond donors (Lipinski definition) is 4. The summed E-state index contributed by atoms with van der Waals surface area (Å²) in [5.74, 6) is 1.34. The fourth-order valence-corrected chi connectivity index (χ4v) is 5.95. The molecule has 5 atom stereocenters. The first kappa shape index (κ1) is 31.8. The number of nitrogens with zero attached hydrogens (tertiary/aromatic N) is 4. The maximum Gasteiger partial charge on any atom is 0.325 e. The smallest absolute Gasteiger partial charge is 0.325 e. The third-order valence-corrected chi connectivity index (χ3v) is 8.36. The number of benzene rings is 3. The summed E-state index contributed by atoms with van der Waals surface area (Å²) >= 11 is 0. The number of azide groups is 1. The van der Waals surface area contributed by atoms with Crippen LogP contribution in [0.2, 0.25) is 0 Å². The molecule has 5 rings (SSSR count). The molecule has 2 aliphatic heterocycles. The molecule has 1 unspecified atom stereocenters. The van der Waals surface area contributed by atoms with E-state index in [1.807, 2.05) is 78.9 Å². The van der Waals surface area contributed by atoms with Gasteiger partial charge in [-0.15, -0.1) is 0 Å². The summed E-state index contributed by atoms with van der Waals surface area (Å²) in [6.07, 6.45) is -1.30. The molecule has 12 nitrogen and oxygen atoms in total. The van der Waals surface area contributed by atoms with E-state index < -0.39 is 54.5 Å². The number of rotatable bonds is 11. The van der Waals surface area contributed by atoms with Crippen LogP contribution < -0.4 is 20.1 Å². The van der Waals surface area contributed by atoms with Gasteiger partial charge in [-0.05, 0) is 59.5 Å². The standard InChI is InChI=1S/C32H35FN6O6/c1-30(33)27(41)31(20-40,19-35-38-34)45-28(30)39-18-17-26(36-29(39)42)37-32(21-7-5-4-6-8-21,22-9-13-24(43-2)14-10-22)23-11-15-25(44-3)16-12-23/h4-18,26-28,37,40-41H,19-20H2,1-3H3,(H,36,42)/t26?,27-,28+,30+,31+/m0/s1. The number of aliphatic hydroxyl groups excluding tert-OH is 2. The maximum absolute atomic E-state index is 16.0. The van der Waals surface area contributed by atoms with Crippen LogP contribution in [0.3, 0.4) is 0 Å². The largest absolute Gasteiger partial charge is 0.497 e. The van der Waals surface area contributed by atoms with Crippen LogP contribution >= 0.6 is 0 Å². The number of aliphatic hydroxyl groups is 2. The van der Waals surface area contributed by atoms with Gasteiger partial charge in [-0.1, -0.05) is 59.7 Å². The summed E-state index contributed by atoms with van der Waals surface area (Å²) in [5, 5.41) is 30.6. The van der Waals surface area contributed by atoms with E-state index in [1.54, 1.807) is 20.3 Å². The molecule has 1 fully saturated rings. The monoisotopic (exact) mass is 618 g/mol. The molecule has 0 aromatic heterocycles. The number of nitrogens with one attached hydrogen (secondary N) is 2. The highest BCUT2D eigenvalue weighted by Gasteiger charge is 2.64. The zero-order valence-corrected chi connectivity index (χ0v) is 25.0. The van der Waals surface area contributed by atoms with Crippen LogP contribution in [0.1, 0.15) is 23.6 Å². The number of halogens is 1. The number of ether oxygens (including phenoxy) is 3. The molecule has 0 radical (unpaired) electrons. The minimum Gasteiger partial charge on any atom is -0.497 e. The molecule has 0 saturated carbocycles. The van der Waals surface area contributed by atoms with Crippen LogP contribution in [-0.2, 0) is 10.3 Å². The van der Waals surface area contributed by atoms with Crippen LogP contribution in [0.5, 0.6) is 11.5 Å². The van der Waals surface area contributed by atoms with Gasteiger partial charge in [0.2, 0.25) is 0 Å². The average Bonchev–Trinajstić information content (AvgIpc) is 3.27. The number of carbonyl (C=O) groups excluding carboxylic acids is 1.